The Kier molecular flexibility index (Phi) is 5.67. The molecule has 3 rings (SSSR count). The Bertz CT molecular complexity index is 866. The van der Waals surface area contributed by atoms with Crippen molar-refractivity contribution in [2.24, 2.45) is 0 Å². The standard InChI is InChI=1S/C20H20N4O3/c21-15-17-7-5-16(6-8-17)9-10-20(25)23-13-11-22(12-14-23)18-3-1-2-4-19(18)24(26)27/h1-8H,9-14H2. The molecule has 7 heteroatoms. The van der Waals surface area contributed by atoms with E-state index in [4.69, 9.17) is 5.26 Å². The van der Waals surface area contributed by atoms with Crippen LogP contribution in [0.5, 0.6) is 0 Å². The van der Waals surface area contributed by atoms with Crippen LogP contribution in [0.1, 0.15) is 17.5 Å². The molecular weight excluding hydrogens is 344 g/mol. The van der Waals surface area contributed by atoms with Crippen LogP contribution in [0.4, 0.5) is 11.4 Å². The molecule has 1 aliphatic rings. The fourth-order valence-corrected chi connectivity index (χ4v) is 3.24. The average molecular weight is 364 g/mol. The van der Waals surface area contributed by atoms with Crippen LogP contribution in [-0.4, -0.2) is 41.9 Å². The number of amides is 1. The molecule has 0 radical (unpaired) electrons. The van der Waals surface area contributed by atoms with Gasteiger partial charge in [0.2, 0.25) is 5.91 Å². The summed E-state index contributed by atoms with van der Waals surface area (Å²) in [6, 6.07) is 16.0. The molecule has 7 nitrogen and oxygen atoms in total. The van der Waals surface area contributed by atoms with Gasteiger partial charge in [-0.25, -0.2) is 0 Å². The summed E-state index contributed by atoms with van der Waals surface area (Å²) in [7, 11) is 0. The number of carbonyl (C=O) groups excluding carboxylic acids is 1. The minimum Gasteiger partial charge on any atom is -0.362 e. The van der Waals surface area contributed by atoms with E-state index in [2.05, 4.69) is 6.07 Å². The summed E-state index contributed by atoms with van der Waals surface area (Å²) in [6.45, 7) is 2.26. The van der Waals surface area contributed by atoms with E-state index in [1.165, 1.54) is 6.07 Å². The molecule has 0 unspecified atom stereocenters. The van der Waals surface area contributed by atoms with Crippen molar-refractivity contribution in [3.63, 3.8) is 0 Å². The minimum atomic E-state index is -0.371. The van der Waals surface area contributed by atoms with Crippen molar-refractivity contribution in [3.05, 3.63) is 69.8 Å². The quantitative estimate of drug-likeness (QED) is 0.601. The highest BCUT2D eigenvalue weighted by Crippen LogP contribution is 2.28. The van der Waals surface area contributed by atoms with Gasteiger partial charge in [-0.2, -0.15) is 5.26 Å². The van der Waals surface area contributed by atoms with Gasteiger partial charge in [0.15, 0.2) is 0 Å². The fraction of sp³-hybridized carbons (Fsp3) is 0.300. The first kappa shape index (κ1) is 18.4. The highest BCUT2D eigenvalue weighted by Gasteiger charge is 2.25. The van der Waals surface area contributed by atoms with Crippen LogP contribution in [0.25, 0.3) is 0 Å². The molecule has 0 atom stereocenters. The number of hydrogen-bond donors (Lipinski definition) is 0. The SMILES string of the molecule is N#Cc1ccc(CCC(=O)N2CCN(c3ccccc3[N+](=O)[O-])CC2)cc1. The third-order valence-electron chi connectivity index (χ3n) is 4.76. The molecule has 0 saturated carbocycles. The number of aryl methyl sites for hydroxylation is 1. The third-order valence-corrected chi connectivity index (χ3v) is 4.76. The van der Waals surface area contributed by atoms with Gasteiger partial charge in [0.05, 0.1) is 16.6 Å². The maximum absolute atomic E-state index is 12.5. The number of anilines is 1. The lowest BCUT2D eigenvalue weighted by molar-refractivity contribution is -0.384. The number of nitro groups is 1. The van der Waals surface area contributed by atoms with Crippen molar-refractivity contribution >= 4 is 17.3 Å². The lowest BCUT2D eigenvalue weighted by Crippen LogP contribution is -2.49. The van der Waals surface area contributed by atoms with Gasteiger partial charge in [0.25, 0.3) is 5.69 Å². The summed E-state index contributed by atoms with van der Waals surface area (Å²) >= 11 is 0. The van der Waals surface area contributed by atoms with E-state index in [0.29, 0.717) is 50.3 Å². The number of nitrogens with zero attached hydrogens (tertiary/aromatic N) is 4. The largest absolute Gasteiger partial charge is 0.362 e. The van der Waals surface area contributed by atoms with Crippen LogP contribution in [0.3, 0.4) is 0 Å². The van der Waals surface area contributed by atoms with Crippen molar-refractivity contribution in [1.82, 2.24) is 4.90 Å². The summed E-state index contributed by atoms with van der Waals surface area (Å²) in [5.41, 5.74) is 2.34. The first-order chi connectivity index (χ1) is 13.1. The predicted molar refractivity (Wildman–Crippen MR) is 101 cm³/mol. The van der Waals surface area contributed by atoms with Crippen LogP contribution in [0.15, 0.2) is 48.5 Å². The second-order valence-corrected chi connectivity index (χ2v) is 6.42. The second-order valence-electron chi connectivity index (χ2n) is 6.42. The van der Waals surface area contributed by atoms with Gasteiger partial charge in [-0.05, 0) is 30.2 Å². The van der Waals surface area contributed by atoms with Crippen molar-refractivity contribution in [3.8, 4) is 6.07 Å². The molecule has 0 bridgehead atoms. The van der Waals surface area contributed by atoms with Crippen molar-refractivity contribution < 1.29 is 9.72 Å². The van der Waals surface area contributed by atoms with Gasteiger partial charge < -0.3 is 9.80 Å². The number of para-hydroxylation sites is 2. The molecule has 0 N–H and O–H groups in total. The zero-order valence-corrected chi connectivity index (χ0v) is 14.9. The highest BCUT2D eigenvalue weighted by molar-refractivity contribution is 5.77. The van der Waals surface area contributed by atoms with Crippen LogP contribution >= 0.6 is 0 Å². The zero-order chi connectivity index (χ0) is 19.2. The van der Waals surface area contributed by atoms with E-state index in [-0.39, 0.29) is 16.5 Å². The van der Waals surface area contributed by atoms with Crippen LogP contribution in [0, 0.1) is 21.4 Å². The van der Waals surface area contributed by atoms with Crippen LogP contribution in [0.2, 0.25) is 0 Å². The molecule has 27 heavy (non-hydrogen) atoms. The monoisotopic (exact) mass is 364 g/mol. The molecule has 2 aromatic carbocycles. The van der Waals surface area contributed by atoms with E-state index in [1.54, 1.807) is 30.3 Å². The summed E-state index contributed by atoms with van der Waals surface area (Å²) in [6.07, 6.45) is 1.05. The molecule has 0 aliphatic carbocycles. The molecule has 1 aliphatic heterocycles. The number of nitriles is 1. The Morgan fingerprint density at radius 1 is 1.07 bits per heavy atom. The topological polar surface area (TPSA) is 90.5 Å². The van der Waals surface area contributed by atoms with Crippen LogP contribution < -0.4 is 4.90 Å². The van der Waals surface area contributed by atoms with E-state index in [1.807, 2.05) is 21.9 Å². The Morgan fingerprint density at radius 2 is 1.74 bits per heavy atom. The molecule has 1 fully saturated rings. The van der Waals surface area contributed by atoms with Crippen LogP contribution in [-0.2, 0) is 11.2 Å². The Labute approximate surface area is 157 Å². The summed E-state index contributed by atoms with van der Waals surface area (Å²) in [5.74, 6) is 0.0848. The Balaban J connectivity index is 1.53. The predicted octanol–water partition coefficient (Wildman–Crippen LogP) is 2.75. The number of carbonyl (C=O) groups is 1. The number of piperazine rings is 1. The lowest BCUT2D eigenvalue weighted by Gasteiger charge is -2.35. The second kappa shape index (κ2) is 8.32. The number of nitro benzene ring substituents is 1. The van der Waals surface area contributed by atoms with E-state index >= 15 is 0 Å². The molecule has 1 saturated heterocycles. The maximum atomic E-state index is 12.5. The lowest BCUT2D eigenvalue weighted by atomic mass is 10.1. The average Bonchev–Trinajstić information content (AvgIpc) is 2.72. The molecule has 0 spiro atoms. The Hall–Kier alpha value is -3.40. The van der Waals surface area contributed by atoms with Gasteiger partial charge in [-0.1, -0.05) is 24.3 Å². The first-order valence-corrected chi connectivity index (χ1v) is 8.83. The van der Waals surface area contributed by atoms with Gasteiger partial charge in [0.1, 0.15) is 5.69 Å². The normalized spacial score (nSPS) is 13.9. The van der Waals surface area contributed by atoms with Gasteiger partial charge in [0, 0.05) is 38.7 Å². The van der Waals surface area contributed by atoms with E-state index in [9.17, 15) is 14.9 Å². The van der Waals surface area contributed by atoms with Crippen molar-refractivity contribution in [1.29, 1.82) is 5.26 Å². The van der Waals surface area contributed by atoms with E-state index < -0.39 is 0 Å². The van der Waals surface area contributed by atoms with Gasteiger partial charge in [-0.3, -0.25) is 14.9 Å². The zero-order valence-electron chi connectivity index (χ0n) is 14.9. The molecule has 1 amide bonds. The van der Waals surface area contributed by atoms with Gasteiger partial charge >= 0.3 is 0 Å². The van der Waals surface area contributed by atoms with E-state index in [0.717, 1.165) is 5.56 Å². The highest BCUT2D eigenvalue weighted by atomic mass is 16.6. The maximum Gasteiger partial charge on any atom is 0.292 e. The molecule has 0 aromatic heterocycles. The number of hydrogen-bond acceptors (Lipinski definition) is 5. The molecule has 138 valence electrons. The molecule has 2 aromatic rings. The summed E-state index contributed by atoms with van der Waals surface area (Å²) in [5, 5.41) is 20.0. The minimum absolute atomic E-state index is 0.0848. The first-order valence-electron chi connectivity index (χ1n) is 8.83. The van der Waals surface area contributed by atoms with Gasteiger partial charge in [-0.15, -0.1) is 0 Å². The summed E-state index contributed by atoms with van der Waals surface area (Å²) in [4.78, 5) is 27.1. The third kappa shape index (κ3) is 4.42. The fourth-order valence-electron chi connectivity index (χ4n) is 3.24. The Morgan fingerprint density at radius 3 is 2.37 bits per heavy atom. The van der Waals surface area contributed by atoms with Crippen molar-refractivity contribution in [2.75, 3.05) is 31.1 Å². The molecular formula is C20H20N4O3. The van der Waals surface area contributed by atoms with Crippen molar-refractivity contribution in [2.45, 2.75) is 12.8 Å². The molecule has 1 heterocycles. The summed E-state index contributed by atoms with van der Waals surface area (Å²) < 4.78 is 0. The number of rotatable bonds is 5. The number of benzene rings is 2. The smallest absolute Gasteiger partial charge is 0.292 e.